The third kappa shape index (κ3) is 7.41. The molecule has 0 amide bonds. The number of rotatable bonds is 11. The van der Waals surface area contributed by atoms with Gasteiger partial charge in [0.15, 0.2) is 0 Å². The van der Waals surface area contributed by atoms with E-state index in [1.165, 1.54) is 96.3 Å². The molecule has 18 heavy (non-hydrogen) atoms. The van der Waals surface area contributed by atoms with Gasteiger partial charge in [-0.05, 0) is 19.3 Å². The van der Waals surface area contributed by atoms with Gasteiger partial charge in [0.2, 0.25) is 0 Å². The Morgan fingerprint density at radius 3 is 1.67 bits per heavy atom. The molecule has 1 nitrogen and oxygen atoms in total. The van der Waals surface area contributed by atoms with E-state index in [0.29, 0.717) is 0 Å². The van der Waals surface area contributed by atoms with E-state index in [-0.39, 0.29) is 5.54 Å². The fourth-order valence-corrected chi connectivity index (χ4v) is 3.29. The highest BCUT2D eigenvalue weighted by Crippen LogP contribution is 2.31. The van der Waals surface area contributed by atoms with Crippen LogP contribution in [0.3, 0.4) is 0 Å². The third-order valence-electron chi connectivity index (χ3n) is 4.63. The van der Waals surface area contributed by atoms with Crippen LogP contribution in [0, 0.1) is 0 Å². The lowest BCUT2D eigenvalue weighted by Crippen LogP contribution is -2.35. The van der Waals surface area contributed by atoms with Crippen molar-refractivity contribution in [3.05, 3.63) is 0 Å². The van der Waals surface area contributed by atoms with Crippen molar-refractivity contribution in [3.8, 4) is 0 Å². The van der Waals surface area contributed by atoms with Gasteiger partial charge in [0.05, 0.1) is 0 Å². The largest absolute Gasteiger partial charge is 0.325 e. The monoisotopic (exact) mass is 253 g/mol. The van der Waals surface area contributed by atoms with Crippen LogP contribution in [0.1, 0.15) is 103 Å². The zero-order valence-electron chi connectivity index (χ0n) is 12.7. The summed E-state index contributed by atoms with van der Waals surface area (Å²) in [5, 5.41) is 0. The molecule has 0 saturated heterocycles. The zero-order valence-corrected chi connectivity index (χ0v) is 12.7. The van der Waals surface area contributed by atoms with E-state index in [1.54, 1.807) is 0 Å². The Hall–Kier alpha value is -0.0400. The molecule has 0 bridgehead atoms. The van der Waals surface area contributed by atoms with E-state index in [2.05, 4.69) is 6.92 Å². The SMILES string of the molecule is CCCCCCCCCCCCC1(N)CCCC1. The smallest absolute Gasteiger partial charge is 0.0154 e. The molecule has 1 rings (SSSR count). The predicted octanol–water partition coefficient (Wildman–Crippen LogP) is 5.57. The first-order valence-electron chi connectivity index (χ1n) is 8.56. The molecule has 0 aromatic rings. The highest BCUT2D eigenvalue weighted by atomic mass is 14.7. The Labute approximate surface area is 115 Å². The fraction of sp³-hybridized carbons (Fsp3) is 1.00. The fourth-order valence-electron chi connectivity index (χ4n) is 3.29. The second-order valence-electron chi connectivity index (χ2n) is 6.50. The van der Waals surface area contributed by atoms with Gasteiger partial charge < -0.3 is 5.73 Å². The van der Waals surface area contributed by atoms with Gasteiger partial charge in [0.25, 0.3) is 0 Å². The van der Waals surface area contributed by atoms with E-state index >= 15 is 0 Å². The minimum Gasteiger partial charge on any atom is -0.325 e. The maximum Gasteiger partial charge on any atom is 0.0154 e. The van der Waals surface area contributed by atoms with E-state index < -0.39 is 0 Å². The minimum absolute atomic E-state index is 0.236. The number of hydrogen-bond acceptors (Lipinski definition) is 1. The van der Waals surface area contributed by atoms with Gasteiger partial charge in [-0.25, -0.2) is 0 Å². The Kier molecular flexibility index (Phi) is 8.75. The van der Waals surface area contributed by atoms with Crippen molar-refractivity contribution in [2.24, 2.45) is 5.73 Å². The molecule has 0 unspecified atom stereocenters. The molecular formula is C17H35N. The molecule has 0 aromatic carbocycles. The standard InChI is InChI=1S/C17H35N/c1-2-3-4-5-6-7-8-9-10-11-14-17(18)15-12-13-16-17/h2-16,18H2,1H3. The molecule has 1 aliphatic carbocycles. The first kappa shape index (κ1) is 16.0. The van der Waals surface area contributed by atoms with Crippen LogP contribution in [0.25, 0.3) is 0 Å². The Morgan fingerprint density at radius 1 is 0.722 bits per heavy atom. The molecule has 1 aliphatic rings. The second kappa shape index (κ2) is 9.83. The third-order valence-corrected chi connectivity index (χ3v) is 4.63. The topological polar surface area (TPSA) is 26.0 Å². The first-order chi connectivity index (χ1) is 8.77. The molecule has 0 radical (unpaired) electrons. The van der Waals surface area contributed by atoms with Crippen molar-refractivity contribution < 1.29 is 0 Å². The lowest BCUT2D eigenvalue weighted by atomic mass is 9.91. The summed E-state index contributed by atoms with van der Waals surface area (Å²) in [6.07, 6.45) is 20.9. The van der Waals surface area contributed by atoms with Crippen LogP contribution in [-0.4, -0.2) is 5.54 Å². The Morgan fingerprint density at radius 2 is 1.17 bits per heavy atom. The molecule has 2 N–H and O–H groups in total. The van der Waals surface area contributed by atoms with Crippen molar-refractivity contribution in [2.45, 2.75) is 109 Å². The van der Waals surface area contributed by atoms with Crippen LogP contribution in [0.2, 0.25) is 0 Å². The van der Waals surface area contributed by atoms with Crippen molar-refractivity contribution in [1.82, 2.24) is 0 Å². The summed E-state index contributed by atoms with van der Waals surface area (Å²) in [5.41, 5.74) is 6.60. The molecule has 0 spiro atoms. The molecule has 1 fully saturated rings. The second-order valence-corrected chi connectivity index (χ2v) is 6.50. The zero-order chi connectivity index (χ0) is 13.1. The van der Waals surface area contributed by atoms with E-state index in [9.17, 15) is 0 Å². The number of nitrogens with two attached hydrogens (primary N) is 1. The lowest BCUT2D eigenvalue weighted by molar-refractivity contribution is 0.383. The number of hydrogen-bond donors (Lipinski definition) is 1. The van der Waals surface area contributed by atoms with Crippen LogP contribution >= 0.6 is 0 Å². The van der Waals surface area contributed by atoms with Crippen LogP contribution in [-0.2, 0) is 0 Å². The van der Waals surface area contributed by atoms with Crippen LogP contribution in [0.5, 0.6) is 0 Å². The van der Waals surface area contributed by atoms with Gasteiger partial charge in [-0.2, -0.15) is 0 Å². The molecule has 0 aromatic heterocycles. The van der Waals surface area contributed by atoms with E-state index in [4.69, 9.17) is 5.73 Å². The summed E-state index contributed by atoms with van der Waals surface area (Å²) >= 11 is 0. The van der Waals surface area contributed by atoms with Gasteiger partial charge in [0, 0.05) is 5.54 Å². The molecule has 108 valence electrons. The Bertz CT molecular complexity index is 182. The van der Waals surface area contributed by atoms with Crippen molar-refractivity contribution in [1.29, 1.82) is 0 Å². The first-order valence-corrected chi connectivity index (χ1v) is 8.56. The summed E-state index contributed by atoms with van der Waals surface area (Å²) in [4.78, 5) is 0. The van der Waals surface area contributed by atoms with Gasteiger partial charge in [-0.1, -0.05) is 84.0 Å². The quantitative estimate of drug-likeness (QED) is 0.479. The molecule has 0 atom stereocenters. The minimum atomic E-state index is 0.236. The summed E-state index contributed by atoms with van der Waals surface area (Å²) in [6.45, 7) is 2.29. The molecule has 0 aliphatic heterocycles. The van der Waals surface area contributed by atoms with Crippen LogP contribution in [0.4, 0.5) is 0 Å². The molecular weight excluding hydrogens is 218 g/mol. The number of unbranched alkanes of at least 4 members (excludes halogenated alkanes) is 9. The molecule has 0 heterocycles. The van der Waals surface area contributed by atoms with Gasteiger partial charge in [-0.15, -0.1) is 0 Å². The average Bonchev–Trinajstić information content (AvgIpc) is 2.79. The normalized spacial score (nSPS) is 18.3. The Balaban J connectivity index is 1.78. The lowest BCUT2D eigenvalue weighted by Gasteiger charge is -2.23. The maximum atomic E-state index is 6.37. The van der Waals surface area contributed by atoms with Gasteiger partial charge in [0.1, 0.15) is 0 Å². The predicted molar refractivity (Wildman–Crippen MR) is 81.8 cm³/mol. The maximum absolute atomic E-state index is 6.37. The van der Waals surface area contributed by atoms with Crippen molar-refractivity contribution >= 4 is 0 Å². The summed E-state index contributed by atoms with van der Waals surface area (Å²) in [5.74, 6) is 0. The van der Waals surface area contributed by atoms with E-state index in [0.717, 1.165) is 0 Å². The molecule has 1 heteroatoms. The summed E-state index contributed by atoms with van der Waals surface area (Å²) in [7, 11) is 0. The van der Waals surface area contributed by atoms with Crippen LogP contribution in [0.15, 0.2) is 0 Å². The van der Waals surface area contributed by atoms with Crippen molar-refractivity contribution in [2.75, 3.05) is 0 Å². The molecule has 1 saturated carbocycles. The highest BCUT2D eigenvalue weighted by molar-refractivity contribution is 4.88. The van der Waals surface area contributed by atoms with Gasteiger partial charge in [-0.3, -0.25) is 0 Å². The summed E-state index contributed by atoms with van der Waals surface area (Å²) in [6, 6.07) is 0. The highest BCUT2D eigenvalue weighted by Gasteiger charge is 2.28. The average molecular weight is 253 g/mol. The van der Waals surface area contributed by atoms with Crippen LogP contribution < -0.4 is 5.73 Å². The summed E-state index contributed by atoms with van der Waals surface area (Å²) < 4.78 is 0. The van der Waals surface area contributed by atoms with E-state index in [1.807, 2.05) is 0 Å². The van der Waals surface area contributed by atoms with Gasteiger partial charge >= 0.3 is 0 Å². The van der Waals surface area contributed by atoms with Crippen molar-refractivity contribution in [3.63, 3.8) is 0 Å².